The first-order valence-electron chi connectivity index (χ1n) is 7.56. The van der Waals surface area contributed by atoms with E-state index in [1.54, 1.807) is 0 Å². The quantitative estimate of drug-likeness (QED) is 0.722. The van der Waals surface area contributed by atoms with E-state index in [0.29, 0.717) is 0 Å². The van der Waals surface area contributed by atoms with Crippen molar-refractivity contribution in [1.82, 2.24) is 0 Å². The maximum absolute atomic E-state index is 2.35. The third-order valence-electron chi connectivity index (χ3n) is 4.94. The molecule has 1 fully saturated rings. The van der Waals surface area contributed by atoms with E-state index in [0.717, 1.165) is 4.48 Å². The van der Waals surface area contributed by atoms with E-state index in [4.69, 9.17) is 0 Å². The molecule has 21 heavy (non-hydrogen) atoms. The molecule has 0 atom stereocenters. The number of nitrogens with zero attached hydrogens (tertiary/aromatic N) is 1. The fraction of sp³-hybridized carbons (Fsp3) is 0.368. The highest BCUT2D eigenvalue weighted by Gasteiger charge is 2.41. The first kappa shape index (κ1) is 16.1. The van der Waals surface area contributed by atoms with Gasteiger partial charge in [-0.25, -0.2) is 0 Å². The lowest BCUT2D eigenvalue weighted by Gasteiger charge is -2.45. The topological polar surface area (TPSA) is 0 Å². The molecular weight excluding hydrogens is 278 g/mol. The van der Waals surface area contributed by atoms with Crippen LogP contribution in [0.1, 0.15) is 24.0 Å². The Balaban J connectivity index is 0.00000161. The van der Waals surface area contributed by atoms with Crippen LogP contribution in [0.2, 0.25) is 0 Å². The van der Waals surface area contributed by atoms with Crippen molar-refractivity contribution < 1.29 is 16.9 Å². The summed E-state index contributed by atoms with van der Waals surface area (Å²) >= 11 is 0. The van der Waals surface area contributed by atoms with Crippen molar-refractivity contribution in [3.8, 4) is 0 Å². The molecule has 0 unspecified atom stereocenters. The molecule has 0 radical (unpaired) electrons. The Labute approximate surface area is 134 Å². The summed E-state index contributed by atoms with van der Waals surface area (Å²) in [5.41, 5.74) is 3.16. The molecule has 0 bridgehead atoms. The lowest BCUT2D eigenvalue weighted by atomic mass is 9.68. The number of piperidine rings is 1. The van der Waals surface area contributed by atoms with E-state index < -0.39 is 0 Å². The van der Waals surface area contributed by atoms with Gasteiger partial charge >= 0.3 is 0 Å². The minimum absolute atomic E-state index is 0. The summed E-state index contributed by atoms with van der Waals surface area (Å²) in [6.07, 6.45) is 2.46. The van der Waals surface area contributed by atoms with Crippen molar-refractivity contribution >= 4 is 0 Å². The van der Waals surface area contributed by atoms with E-state index in [2.05, 4.69) is 74.8 Å². The van der Waals surface area contributed by atoms with E-state index >= 15 is 0 Å². The smallest absolute Gasteiger partial charge is 0.0794 e. The Morgan fingerprint density at radius 3 is 1.48 bits per heavy atom. The Morgan fingerprint density at radius 2 is 1.10 bits per heavy atom. The van der Waals surface area contributed by atoms with Crippen LogP contribution in [0.15, 0.2) is 60.7 Å². The van der Waals surface area contributed by atoms with Crippen molar-refractivity contribution in [2.75, 3.05) is 27.2 Å². The molecule has 0 saturated carbocycles. The number of quaternary nitrogens is 1. The van der Waals surface area contributed by atoms with Crippen LogP contribution in [0, 0.1) is 0 Å². The number of rotatable bonds is 2. The molecule has 1 aliphatic rings. The van der Waals surface area contributed by atoms with E-state index in [-0.39, 0.29) is 17.8 Å². The lowest BCUT2D eigenvalue weighted by Crippen LogP contribution is -3.00. The van der Waals surface area contributed by atoms with Crippen LogP contribution >= 0.6 is 0 Å². The van der Waals surface area contributed by atoms with Crippen molar-refractivity contribution in [1.29, 1.82) is 0 Å². The molecule has 1 nitrogen and oxygen atoms in total. The zero-order valence-electron chi connectivity index (χ0n) is 12.9. The Hall–Kier alpha value is -1.31. The van der Waals surface area contributed by atoms with Gasteiger partial charge in [0.05, 0.1) is 27.2 Å². The van der Waals surface area contributed by atoms with Gasteiger partial charge in [0.1, 0.15) is 0 Å². The number of hydrogen-bond acceptors (Lipinski definition) is 0. The third-order valence-corrected chi connectivity index (χ3v) is 4.94. The first-order valence-corrected chi connectivity index (χ1v) is 7.56. The second kappa shape index (κ2) is 6.21. The fourth-order valence-electron chi connectivity index (χ4n) is 3.48. The van der Waals surface area contributed by atoms with Crippen LogP contribution in [-0.2, 0) is 5.41 Å². The van der Waals surface area contributed by atoms with Gasteiger partial charge in [0, 0.05) is 18.3 Å². The van der Waals surface area contributed by atoms with Crippen LogP contribution in [0.25, 0.3) is 0 Å². The number of likely N-dealkylation sites (tertiary alicyclic amines) is 1. The second-order valence-electron chi connectivity index (χ2n) is 6.70. The molecular formula is C19H24ClN. The largest absolute Gasteiger partial charge is 1.00 e. The summed E-state index contributed by atoms with van der Waals surface area (Å²) in [6, 6.07) is 22.1. The van der Waals surface area contributed by atoms with Gasteiger partial charge in [-0.3, -0.25) is 0 Å². The SMILES string of the molecule is C[N+]1(C)CCC(c2ccccc2)(c2ccccc2)CC1.[Cl-]. The highest BCUT2D eigenvalue weighted by Crippen LogP contribution is 2.42. The summed E-state index contributed by atoms with van der Waals surface area (Å²) in [4.78, 5) is 0. The average molecular weight is 302 g/mol. The molecule has 0 aliphatic carbocycles. The number of hydrogen-bond donors (Lipinski definition) is 0. The summed E-state index contributed by atoms with van der Waals surface area (Å²) < 4.78 is 1.14. The molecule has 1 saturated heterocycles. The zero-order valence-corrected chi connectivity index (χ0v) is 13.7. The van der Waals surface area contributed by atoms with Gasteiger partial charge in [-0.15, -0.1) is 0 Å². The maximum atomic E-state index is 2.35. The molecule has 1 aliphatic heterocycles. The van der Waals surface area contributed by atoms with Crippen LogP contribution in [0.5, 0.6) is 0 Å². The summed E-state index contributed by atoms with van der Waals surface area (Å²) in [5.74, 6) is 0. The first-order chi connectivity index (χ1) is 9.62. The molecule has 3 rings (SSSR count). The molecule has 2 aromatic rings. The van der Waals surface area contributed by atoms with Gasteiger partial charge in [-0.1, -0.05) is 60.7 Å². The van der Waals surface area contributed by atoms with Crippen LogP contribution in [-0.4, -0.2) is 31.7 Å². The number of halogens is 1. The predicted octanol–water partition coefficient (Wildman–Crippen LogP) is 0.847. The number of benzene rings is 2. The van der Waals surface area contributed by atoms with Crippen LogP contribution < -0.4 is 12.4 Å². The molecule has 1 heterocycles. The van der Waals surface area contributed by atoms with Gasteiger partial charge in [-0.05, 0) is 11.1 Å². The molecule has 0 spiro atoms. The Morgan fingerprint density at radius 1 is 0.714 bits per heavy atom. The minimum atomic E-state index is 0. The Kier molecular flexibility index (Phi) is 4.75. The molecule has 0 amide bonds. The molecule has 112 valence electrons. The lowest BCUT2D eigenvalue weighted by molar-refractivity contribution is -0.896. The fourth-order valence-corrected chi connectivity index (χ4v) is 3.48. The third kappa shape index (κ3) is 3.14. The average Bonchev–Trinajstić information content (AvgIpc) is 2.50. The van der Waals surface area contributed by atoms with Crippen LogP contribution in [0.4, 0.5) is 0 Å². The summed E-state index contributed by atoms with van der Waals surface area (Å²) in [5, 5.41) is 0. The van der Waals surface area contributed by atoms with Gasteiger partial charge in [0.15, 0.2) is 0 Å². The second-order valence-corrected chi connectivity index (χ2v) is 6.70. The summed E-state index contributed by atoms with van der Waals surface area (Å²) in [7, 11) is 4.69. The Bertz CT molecular complexity index is 511. The van der Waals surface area contributed by atoms with E-state index in [9.17, 15) is 0 Å². The molecule has 2 heteroatoms. The minimum Gasteiger partial charge on any atom is -1.00 e. The van der Waals surface area contributed by atoms with Gasteiger partial charge in [-0.2, -0.15) is 0 Å². The van der Waals surface area contributed by atoms with Crippen molar-refractivity contribution in [2.24, 2.45) is 0 Å². The predicted molar refractivity (Wildman–Crippen MR) is 84.7 cm³/mol. The highest BCUT2D eigenvalue weighted by molar-refractivity contribution is 5.39. The highest BCUT2D eigenvalue weighted by atomic mass is 35.5. The molecule has 2 aromatic carbocycles. The van der Waals surface area contributed by atoms with Crippen molar-refractivity contribution in [2.45, 2.75) is 18.3 Å². The standard InChI is InChI=1S/C19H24N.ClH/c1-20(2)15-13-19(14-16-20,17-9-5-3-6-10-17)18-11-7-4-8-12-18;/h3-12H,13-16H2,1-2H3;1H/q+1;/p-1. The van der Waals surface area contributed by atoms with E-state index in [1.807, 2.05) is 0 Å². The zero-order chi connectivity index (χ0) is 14.1. The van der Waals surface area contributed by atoms with Gasteiger partial charge in [0.25, 0.3) is 0 Å². The summed E-state index contributed by atoms with van der Waals surface area (Å²) in [6.45, 7) is 2.48. The molecule has 0 aromatic heterocycles. The van der Waals surface area contributed by atoms with Crippen LogP contribution in [0.3, 0.4) is 0 Å². The monoisotopic (exact) mass is 301 g/mol. The normalized spacial score (nSPS) is 19.5. The van der Waals surface area contributed by atoms with Crippen molar-refractivity contribution in [3.63, 3.8) is 0 Å². The molecule has 0 N–H and O–H groups in total. The van der Waals surface area contributed by atoms with Gasteiger partial charge < -0.3 is 16.9 Å². The maximum Gasteiger partial charge on any atom is 0.0794 e. The van der Waals surface area contributed by atoms with Crippen molar-refractivity contribution in [3.05, 3.63) is 71.8 Å². The van der Waals surface area contributed by atoms with E-state index in [1.165, 1.54) is 37.1 Å². The van der Waals surface area contributed by atoms with Gasteiger partial charge in [0.2, 0.25) is 0 Å².